The standard InChI is InChI=1S/C56H47NO/c1-6-36(2)44-14-7-8-15-47(44)46-19-13-18-45(37(46)3)39-24-29-42(30-25-39)57(43-31-32-49-48-16-9-11-20-52(48)56(4,5)53(49)35-43)41-27-22-38(23-28-41)40-26-33-55-51(34-40)50-17-10-12-21-54(50)58-55/h7-36H,6H2,1-5H3. The Hall–Kier alpha value is -6.64. The molecule has 0 amide bonds. The molecule has 1 atom stereocenters. The molecule has 0 bridgehead atoms. The van der Waals surface area contributed by atoms with Gasteiger partial charge in [-0.3, -0.25) is 0 Å². The third kappa shape index (κ3) is 5.86. The van der Waals surface area contributed by atoms with Crippen LogP contribution < -0.4 is 4.90 Å². The Morgan fingerprint density at radius 3 is 1.84 bits per heavy atom. The van der Waals surface area contributed by atoms with Crippen LogP contribution >= 0.6 is 0 Å². The molecule has 1 aromatic heterocycles. The van der Waals surface area contributed by atoms with E-state index >= 15 is 0 Å². The average Bonchev–Trinajstić information content (AvgIpc) is 3.75. The van der Waals surface area contributed by atoms with E-state index in [2.05, 4.69) is 203 Å². The SMILES string of the molecule is CCC(C)c1ccccc1-c1cccc(-c2ccc(N(c3ccc(-c4ccc5oc6ccccc6c5c4)cc3)c3ccc4c(c3)C(C)(C)c3ccccc3-4)cc2)c1C. The summed E-state index contributed by atoms with van der Waals surface area (Å²) in [6.07, 6.45) is 1.11. The second-order valence-corrected chi connectivity index (χ2v) is 16.5. The van der Waals surface area contributed by atoms with Crippen molar-refractivity contribution in [2.45, 2.75) is 52.4 Å². The number of hydrogen-bond donors (Lipinski definition) is 0. The second kappa shape index (κ2) is 14.1. The van der Waals surface area contributed by atoms with Crippen LogP contribution in [-0.4, -0.2) is 0 Å². The number of nitrogens with zero attached hydrogens (tertiary/aromatic N) is 1. The van der Waals surface area contributed by atoms with Crippen molar-refractivity contribution < 1.29 is 4.42 Å². The molecule has 1 aliphatic carbocycles. The van der Waals surface area contributed by atoms with E-state index in [0.717, 1.165) is 45.4 Å². The maximum absolute atomic E-state index is 6.14. The Balaban J connectivity index is 1.05. The highest BCUT2D eigenvalue weighted by Gasteiger charge is 2.35. The van der Waals surface area contributed by atoms with Gasteiger partial charge in [0.05, 0.1) is 0 Å². The van der Waals surface area contributed by atoms with Crippen molar-refractivity contribution in [3.63, 3.8) is 0 Å². The smallest absolute Gasteiger partial charge is 0.135 e. The summed E-state index contributed by atoms with van der Waals surface area (Å²) in [7, 11) is 0. The first kappa shape index (κ1) is 35.8. The molecule has 0 saturated heterocycles. The fourth-order valence-electron chi connectivity index (χ4n) is 9.41. The van der Waals surface area contributed by atoms with Crippen LogP contribution in [0.2, 0.25) is 0 Å². The zero-order valence-electron chi connectivity index (χ0n) is 33.9. The van der Waals surface area contributed by atoms with Gasteiger partial charge in [-0.05, 0) is 141 Å². The molecule has 1 unspecified atom stereocenters. The summed E-state index contributed by atoms with van der Waals surface area (Å²) in [4.78, 5) is 2.41. The Kier molecular flexibility index (Phi) is 8.68. The first-order chi connectivity index (χ1) is 28.3. The van der Waals surface area contributed by atoms with Gasteiger partial charge in [0.2, 0.25) is 0 Å². The van der Waals surface area contributed by atoms with E-state index in [0.29, 0.717) is 5.92 Å². The lowest BCUT2D eigenvalue weighted by Gasteiger charge is -2.28. The molecular formula is C56H47NO. The summed E-state index contributed by atoms with van der Waals surface area (Å²) < 4.78 is 6.14. The first-order valence-corrected chi connectivity index (χ1v) is 20.7. The van der Waals surface area contributed by atoms with Gasteiger partial charge in [-0.25, -0.2) is 0 Å². The van der Waals surface area contributed by atoms with Crippen LogP contribution in [0, 0.1) is 6.92 Å². The minimum absolute atomic E-state index is 0.104. The molecule has 2 nitrogen and oxygen atoms in total. The maximum Gasteiger partial charge on any atom is 0.135 e. The van der Waals surface area contributed by atoms with E-state index in [-0.39, 0.29) is 5.41 Å². The van der Waals surface area contributed by atoms with Gasteiger partial charge in [-0.15, -0.1) is 0 Å². The van der Waals surface area contributed by atoms with Crippen LogP contribution in [0.5, 0.6) is 0 Å². The molecule has 0 saturated carbocycles. The van der Waals surface area contributed by atoms with Gasteiger partial charge in [0.15, 0.2) is 0 Å². The highest BCUT2D eigenvalue weighted by Crippen LogP contribution is 2.51. The molecule has 0 spiro atoms. The fraction of sp³-hybridized carbons (Fsp3) is 0.143. The third-order valence-corrected chi connectivity index (χ3v) is 12.8. The van der Waals surface area contributed by atoms with Crippen LogP contribution in [0.1, 0.15) is 62.3 Å². The van der Waals surface area contributed by atoms with Crippen LogP contribution in [0.15, 0.2) is 180 Å². The quantitative estimate of drug-likeness (QED) is 0.154. The maximum atomic E-state index is 6.14. The molecule has 0 radical (unpaired) electrons. The van der Waals surface area contributed by atoms with Crippen LogP contribution in [0.4, 0.5) is 17.1 Å². The molecular weight excluding hydrogens is 703 g/mol. The van der Waals surface area contributed by atoms with Crippen LogP contribution in [0.3, 0.4) is 0 Å². The Morgan fingerprint density at radius 2 is 1.07 bits per heavy atom. The first-order valence-electron chi connectivity index (χ1n) is 20.7. The Morgan fingerprint density at radius 1 is 0.483 bits per heavy atom. The monoisotopic (exact) mass is 749 g/mol. The van der Waals surface area contributed by atoms with Crippen molar-refractivity contribution in [2.75, 3.05) is 4.90 Å². The number of furan rings is 1. The van der Waals surface area contributed by atoms with Crippen molar-refractivity contribution in [2.24, 2.45) is 0 Å². The molecule has 1 aliphatic rings. The summed E-state index contributed by atoms with van der Waals surface area (Å²) in [5.74, 6) is 0.498. The topological polar surface area (TPSA) is 16.4 Å². The normalized spacial score (nSPS) is 13.4. The molecule has 10 rings (SSSR count). The summed E-state index contributed by atoms with van der Waals surface area (Å²) in [6.45, 7) is 11.6. The van der Waals surface area contributed by atoms with Gasteiger partial charge in [0.1, 0.15) is 11.2 Å². The number of benzene rings is 8. The van der Waals surface area contributed by atoms with Crippen molar-refractivity contribution in [1.29, 1.82) is 0 Å². The van der Waals surface area contributed by atoms with E-state index in [9.17, 15) is 0 Å². The number of anilines is 3. The average molecular weight is 750 g/mol. The van der Waals surface area contributed by atoms with Crippen LogP contribution in [0.25, 0.3) is 66.4 Å². The van der Waals surface area contributed by atoms with E-state index in [1.165, 1.54) is 66.8 Å². The Labute approximate surface area is 342 Å². The van der Waals surface area contributed by atoms with E-state index in [1.807, 2.05) is 12.1 Å². The molecule has 282 valence electrons. The predicted molar refractivity (Wildman–Crippen MR) is 246 cm³/mol. The molecule has 58 heavy (non-hydrogen) atoms. The lowest BCUT2D eigenvalue weighted by molar-refractivity contribution is 0.660. The van der Waals surface area contributed by atoms with Gasteiger partial charge < -0.3 is 9.32 Å². The molecule has 9 aromatic rings. The molecule has 1 heterocycles. The van der Waals surface area contributed by atoms with Gasteiger partial charge in [-0.2, -0.15) is 0 Å². The lowest BCUT2D eigenvalue weighted by atomic mass is 9.82. The summed E-state index contributed by atoms with van der Waals surface area (Å²) >= 11 is 0. The van der Waals surface area contributed by atoms with Crippen molar-refractivity contribution in [3.8, 4) is 44.5 Å². The van der Waals surface area contributed by atoms with E-state index in [4.69, 9.17) is 4.42 Å². The number of fused-ring (bicyclic) bond motifs is 6. The zero-order chi connectivity index (χ0) is 39.5. The highest BCUT2D eigenvalue weighted by molar-refractivity contribution is 6.06. The van der Waals surface area contributed by atoms with Gasteiger partial charge >= 0.3 is 0 Å². The van der Waals surface area contributed by atoms with Gasteiger partial charge in [0, 0.05) is 33.2 Å². The van der Waals surface area contributed by atoms with Crippen molar-refractivity contribution in [3.05, 3.63) is 198 Å². The van der Waals surface area contributed by atoms with Crippen LogP contribution in [-0.2, 0) is 5.41 Å². The van der Waals surface area contributed by atoms with Crippen molar-refractivity contribution >= 4 is 39.0 Å². The van der Waals surface area contributed by atoms with E-state index in [1.54, 1.807) is 0 Å². The fourth-order valence-corrected chi connectivity index (χ4v) is 9.41. The highest BCUT2D eigenvalue weighted by atomic mass is 16.3. The summed E-state index contributed by atoms with van der Waals surface area (Å²) in [5, 5.41) is 2.28. The molecule has 0 aliphatic heterocycles. The predicted octanol–water partition coefficient (Wildman–Crippen LogP) is 16.2. The second-order valence-electron chi connectivity index (χ2n) is 16.5. The number of rotatable bonds is 8. The zero-order valence-corrected chi connectivity index (χ0v) is 33.9. The summed E-state index contributed by atoms with van der Waals surface area (Å²) in [5.41, 5.74) is 20.7. The van der Waals surface area contributed by atoms with Gasteiger partial charge in [0.25, 0.3) is 0 Å². The van der Waals surface area contributed by atoms with E-state index < -0.39 is 0 Å². The minimum Gasteiger partial charge on any atom is -0.456 e. The molecule has 0 fully saturated rings. The molecule has 8 aromatic carbocycles. The van der Waals surface area contributed by atoms with Crippen molar-refractivity contribution in [1.82, 2.24) is 0 Å². The third-order valence-electron chi connectivity index (χ3n) is 12.8. The molecule has 2 heteroatoms. The largest absolute Gasteiger partial charge is 0.456 e. The molecule has 0 N–H and O–H groups in total. The minimum atomic E-state index is -0.104. The lowest BCUT2D eigenvalue weighted by Crippen LogP contribution is -2.16. The number of para-hydroxylation sites is 1. The van der Waals surface area contributed by atoms with Gasteiger partial charge in [-0.1, -0.05) is 149 Å². The summed E-state index contributed by atoms with van der Waals surface area (Å²) in [6, 6.07) is 64.5. The Bertz CT molecular complexity index is 2980. The number of hydrogen-bond acceptors (Lipinski definition) is 2.